The van der Waals surface area contributed by atoms with Gasteiger partial charge in [-0.05, 0) is 77.9 Å². The van der Waals surface area contributed by atoms with Crippen LogP contribution >= 0.6 is 22.6 Å². The van der Waals surface area contributed by atoms with Gasteiger partial charge in [-0.25, -0.2) is 8.42 Å². The first-order valence-corrected chi connectivity index (χ1v) is 11.2. The molecule has 0 saturated carbocycles. The van der Waals surface area contributed by atoms with Crippen LogP contribution in [0, 0.1) is 3.57 Å². The summed E-state index contributed by atoms with van der Waals surface area (Å²) in [4.78, 5) is 16.7. The zero-order chi connectivity index (χ0) is 19.3. The predicted molar refractivity (Wildman–Crippen MR) is 115 cm³/mol. The van der Waals surface area contributed by atoms with E-state index in [2.05, 4.69) is 37.6 Å². The summed E-state index contributed by atoms with van der Waals surface area (Å²) in [5.41, 5.74) is 0.929. The number of halogens is 1. The number of carbonyl (C=O) groups is 1. The fourth-order valence-corrected chi connectivity index (χ4v) is 4.21. The van der Waals surface area contributed by atoms with Gasteiger partial charge >= 0.3 is 0 Å². The van der Waals surface area contributed by atoms with Crippen LogP contribution in [-0.4, -0.2) is 26.7 Å². The minimum absolute atomic E-state index is 0.0925. The van der Waals surface area contributed by atoms with Gasteiger partial charge in [0, 0.05) is 27.8 Å². The maximum absolute atomic E-state index is 12.7. The van der Waals surface area contributed by atoms with Gasteiger partial charge in [0.1, 0.15) is 5.84 Å². The first-order chi connectivity index (χ1) is 12.9. The number of nitrogens with zero attached hydrogens (tertiary/aromatic N) is 1. The van der Waals surface area contributed by atoms with Crippen molar-refractivity contribution in [3.05, 3.63) is 57.7 Å². The van der Waals surface area contributed by atoms with Crippen molar-refractivity contribution in [2.75, 3.05) is 11.9 Å². The average molecular weight is 497 g/mol. The quantitative estimate of drug-likeness (QED) is 0.631. The number of nitrogens with one attached hydrogen (secondary N) is 2. The van der Waals surface area contributed by atoms with Crippen LogP contribution in [0.25, 0.3) is 0 Å². The smallest absolute Gasteiger partial charge is 0.262 e. The summed E-state index contributed by atoms with van der Waals surface area (Å²) in [5, 5.41) is 2.74. The lowest BCUT2D eigenvalue weighted by Crippen LogP contribution is -2.30. The Morgan fingerprint density at radius 2 is 1.81 bits per heavy atom. The molecule has 1 aliphatic heterocycles. The van der Waals surface area contributed by atoms with Crippen LogP contribution in [0.3, 0.4) is 0 Å². The molecule has 2 N–H and O–H groups in total. The summed E-state index contributed by atoms with van der Waals surface area (Å²) in [6, 6.07) is 13.3. The van der Waals surface area contributed by atoms with E-state index in [1.54, 1.807) is 24.3 Å². The molecule has 8 heteroatoms. The van der Waals surface area contributed by atoms with Gasteiger partial charge in [-0.1, -0.05) is 12.5 Å². The summed E-state index contributed by atoms with van der Waals surface area (Å²) in [5.74, 6) is 0.211. The third-order valence-corrected chi connectivity index (χ3v) is 6.23. The normalized spacial score (nSPS) is 14.8. The van der Waals surface area contributed by atoms with Gasteiger partial charge in [0.25, 0.3) is 15.9 Å². The van der Waals surface area contributed by atoms with E-state index in [1.807, 2.05) is 12.1 Å². The molecule has 0 saturated heterocycles. The standard InChI is InChI=1S/C19H20IN3O3S/c20-15-10-8-14(9-11-15)19(24)22-16-5-4-6-17(13-16)27(25,26)23-18-7-2-1-3-12-21-18/h4-6,8-11,13H,1-3,7,12H2,(H,21,23)(H,22,24). The van der Waals surface area contributed by atoms with Gasteiger partial charge in [-0.3, -0.25) is 14.5 Å². The molecular formula is C19H20IN3O3S. The zero-order valence-corrected chi connectivity index (χ0v) is 17.6. The fraction of sp³-hybridized carbons (Fsp3) is 0.263. The highest BCUT2D eigenvalue weighted by atomic mass is 127. The molecule has 1 aliphatic rings. The Kier molecular flexibility index (Phi) is 6.48. The second-order valence-corrected chi connectivity index (χ2v) is 9.16. The number of aliphatic imine (C=N–C) groups is 1. The Morgan fingerprint density at radius 3 is 2.59 bits per heavy atom. The van der Waals surface area contributed by atoms with Crippen molar-refractivity contribution in [2.45, 2.75) is 30.6 Å². The van der Waals surface area contributed by atoms with Crippen molar-refractivity contribution in [1.29, 1.82) is 0 Å². The van der Waals surface area contributed by atoms with Crippen molar-refractivity contribution >= 4 is 50.0 Å². The van der Waals surface area contributed by atoms with Crippen molar-refractivity contribution in [1.82, 2.24) is 4.72 Å². The summed E-state index contributed by atoms with van der Waals surface area (Å²) in [6.07, 6.45) is 3.58. The topological polar surface area (TPSA) is 87.6 Å². The lowest BCUT2D eigenvalue weighted by Gasteiger charge is -2.11. The molecule has 142 valence electrons. The molecule has 0 unspecified atom stereocenters. The number of hydrogen-bond donors (Lipinski definition) is 2. The number of sulfonamides is 1. The van der Waals surface area contributed by atoms with Crippen molar-refractivity contribution < 1.29 is 13.2 Å². The monoisotopic (exact) mass is 497 g/mol. The summed E-state index contributed by atoms with van der Waals surface area (Å²) < 4.78 is 28.9. The molecule has 0 bridgehead atoms. The molecule has 2 aromatic rings. The molecule has 0 atom stereocenters. The molecule has 6 nitrogen and oxygen atoms in total. The van der Waals surface area contributed by atoms with Gasteiger partial charge in [0.05, 0.1) is 4.90 Å². The number of carbonyl (C=O) groups excluding carboxylic acids is 1. The van der Waals surface area contributed by atoms with E-state index < -0.39 is 10.0 Å². The SMILES string of the molecule is O=C(Nc1cccc(S(=O)(=O)NC2=NCCCCC2)c1)c1ccc(I)cc1. The maximum Gasteiger partial charge on any atom is 0.262 e. The molecule has 2 aromatic carbocycles. The van der Waals surface area contributed by atoms with Crippen molar-refractivity contribution in [2.24, 2.45) is 4.99 Å². The molecule has 0 aromatic heterocycles. The van der Waals surface area contributed by atoms with E-state index in [0.717, 1.165) is 22.8 Å². The molecule has 1 amide bonds. The van der Waals surface area contributed by atoms with Crippen LogP contribution in [0.4, 0.5) is 5.69 Å². The van der Waals surface area contributed by atoms with E-state index >= 15 is 0 Å². The van der Waals surface area contributed by atoms with E-state index in [-0.39, 0.29) is 10.8 Å². The number of amides is 1. The molecule has 3 rings (SSSR count). The molecule has 0 spiro atoms. The molecule has 0 aliphatic carbocycles. The largest absolute Gasteiger partial charge is 0.322 e. The van der Waals surface area contributed by atoms with E-state index in [4.69, 9.17) is 0 Å². The zero-order valence-electron chi connectivity index (χ0n) is 14.6. The highest BCUT2D eigenvalue weighted by molar-refractivity contribution is 14.1. The minimum atomic E-state index is -3.74. The van der Waals surface area contributed by atoms with Gasteiger partial charge in [0.2, 0.25) is 0 Å². The van der Waals surface area contributed by atoms with Crippen LogP contribution in [-0.2, 0) is 10.0 Å². The fourth-order valence-electron chi connectivity index (χ4n) is 2.72. The highest BCUT2D eigenvalue weighted by Crippen LogP contribution is 2.18. The summed E-state index contributed by atoms with van der Waals surface area (Å²) in [7, 11) is -3.74. The molecule has 1 heterocycles. The molecule has 27 heavy (non-hydrogen) atoms. The van der Waals surface area contributed by atoms with Crippen LogP contribution in [0.5, 0.6) is 0 Å². The minimum Gasteiger partial charge on any atom is -0.322 e. The average Bonchev–Trinajstić information content (AvgIpc) is 2.90. The van der Waals surface area contributed by atoms with E-state index in [9.17, 15) is 13.2 Å². The first kappa shape index (κ1) is 19.8. The number of hydrogen-bond acceptors (Lipinski definition) is 4. The summed E-state index contributed by atoms with van der Waals surface area (Å²) >= 11 is 2.17. The number of rotatable bonds is 4. The molecular weight excluding hydrogens is 477 g/mol. The number of anilines is 1. The van der Waals surface area contributed by atoms with E-state index in [1.165, 1.54) is 12.1 Å². The van der Waals surface area contributed by atoms with Crippen molar-refractivity contribution in [3.63, 3.8) is 0 Å². The number of amidine groups is 1. The molecule has 0 radical (unpaired) electrons. The second kappa shape index (κ2) is 8.83. The highest BCUT2D eigenvalue weighted by Gasteiger charge is 2.18. The van der Waals surface area contributed by atoms with E-state index in [0.29, 0.717) is 30.1 Å². The van der Waals surface area contributed by atoms with Crippen LogP contribution in [0.15, 0.2) is 58.4 Å². The third-order valence-electron chi connectivity index (χ3n) is 4.14. The van der Waals surface area contributed by atoms with Gasteiger partial charge in [-0.2, -0.15) is 0 Å². The Bertz CT molecular complexity index is 956. The van der Waals surface area contributed by atoms with Crippen LogP contribution in [0.1, 0.15) is 36.0 Å². The van der Waals surface area contributed by atoms with Crippen molar-refractivity contribution in [3.8, 4) is 0 Å². The Morgan fingerprint density at radius 1 is 1.04 bits per heavy atom. The Hall–Kier alpha value is -1.94. The summed E-state index contributed by atoms with van der Waals surface area (Å²) in [6.45, 7) is 0.643. The first-order valence-electron chi connectivity index (χ1n) is 8.67. The second-order valence-electron chi connectivity index (χ2n) is 6.23. The third kappa shape index (κ3) is 5.52. The Labute approximate surface area is 172 Å². The predicted octanol–water partition coefficient (Wildman–Crippen LogP) is 3.79. The van der Waals surface area contributed by atoms with Gasteiger partial charge in [0.15, 0.2) is 0 Å². The lowest BCUT2D eigenvalue weighted by atomic mass is 10.2. The molecule has 0 fully saturated rings. The Balaban J connectivity index is 1.75. The maximum atomic E-state index is 12.7. The number of benzene rings is 2. The van der Waals surface area contributed by atoms with Crippen LogP contribution in [0.2, 0.25) is 0 Å². The van der Waals surface area contributed by atoms with Gasteiger partial charge < -0.3 is 5.32 Å². The van der Waals surface area contributed by atoms with Crippen LogP contribution < -0.4 is 10.0 Å². The van der Waals surface area contributed by atoms with Gasteiger partial charge in [-0.15, -0.1) is 0 Å². The lowest BCUT2D eigenvalue weighted by molar-refractivity contribution is 0.102.